The number of anilines is 1. The van der Waals surface area contributed by atoms with Crippen LogP contribution in [0.25, 0.3) is 5.57 Å². The van der Waals surface area contributed by atoms with E-state index in [0.29, 0.717) is 19.5 Å². The number of nitrogens with zero attached hydrogens (tertiary/aromatic N) is 2. The van der Waals surface area contributed by atoms with Crippen molar-refractivity contribution < 1.29 is 14.7 Å². The van der Waals surface area contributed by atoms with Gasteiger partial charge in [0.1, 0.15) is 0 Å². The molecule has 0 atom stereocenters. The molecular weight excluding hydrogens is 256 g/mol. The van der Waals surface area contributed by atoms with Crippen molar-refractivity contribution in [2.45, 2.75) is 13.3 Å². The smallest absolute Gasteiger partial charge is 0.407 e. The zero-order valence-corrected chi connectivity index (χ0v) is 11.7. The average molecular weight is 274 g/mol. The summed E-state index contributed by atoms with van der Waals surface area (Å²) in [6.07, 6.45) is 1.79. The molecule has 20 heavy (non-hydrogen) atoms. The van der Waals surface area contributed by atoms with E-state index in [1.54, 1.807) is 11.9 Å². The van der Waals surface area contributed by atoms with Crippen LogP contribution in [0, 0.1) is 0 Å². The Morgan fingerprint density at radius 1 is 1.25 bits per heavy atom. The fourth-order valence-electron chi connectivity index (χ4n) is 2.19. The Bertz CT molecular complexity index is 549. The number of benzene rings is 1. The highest BCUT2D eigenvalue weighted by Gasteiger charge is 2.16. The summed E-state index contributed by atoms with van der Waals surface area (Å²) >= 11 is 0. The second-order valence-corrected chi connectivity index (χ2v) is 4.83. The number of carbonyl (C=O) groups excluding carboxylic acids is 1. The van der Waals surface area contributed by atoms with E-state index in [9.17, 15) is 9.59 Å². The number of rotatable bonds is 2. The zero-order chi connectivity index (χ0) is 14.7. The molecule has 106 valence electrons. The van der Waals surface area contributed by atoms with Gasteiger partial charge in [-0.1, -0.05) is 18.2 Å². The number of carboxylic acid groups (broad SMARTS) is 1. The summed E-state index contributed by atoms with van der Waals surface area (Å²) in [5.74, 6) is -0.00766. The quantitative estimate of drug-likeness (QED) is 0.901. The topological polar surface area (TPSA) is 60.9 Å². The van der Waals surface area contributed by atoms with Crippen LogP contribution in [-0.4, -0.2) is 42.1 Å². The first-order chi connectivity index (χ1) is 9.49. The van der Waals surface area contributed by atoms with Crippen LogP contribution in [0.3, 0.4) is 0 Å². The number of hydrogen-bond acceptors (Lipinski definition) is 2. The fourth-order valence-corrected chi connectivity index (χ4v) is 2.19. The molecule has 0 fully saturated rings. The van der Waals surface area contributed by atoms with Crippen LogP contribution in [0.5, 0.6) is 0 Å². The predicted octanol–water partition coefficient (Wildman–Crippen LogP) is 2.44. The van der Waals surface area contributed by atoms with Crippen LogP contribution in [0.1, 0.15) is 18.9 Å². The highest BCUT2D eigenvalue weighted by atomic mass is 16.4. The van der Waals surface area contributed by atoms with Gasteiger partial charge < -0.3 is 14.9 Å². The second kappa shape index (κ2) is 5.77. The molecule has 5 heteroatoms. The normalized spacial score (nSPS) is 14.7. The van der Waals surface area contributed by atoms with Crippen molar-refractivity contribution in [1.82, 2.24) is 4.90 Å². The van der Waals surface area contributed by atoms with Gasteiger partial charge in [-0.3, -0.25) is 4.79 Å². The van der Waals surface area contributed by atoms with E-state index in [1.165, 1.54) is 11.8 Å². The summed E-state index contributed by atoms with van der Waals surface area (Å²) in [6.45, 7) is 2.48. The summed E-state index contributed by atoms with van der Waals surface area (Å²) in [5, 5.41) is 8.90. The van der Waals surface area contributed by atoms with E-state index in [4.69, 9.17) is 5.11 Å². The van der Waals surface area contributed by atoms with E-state index >= 15 is 0 Å². The van der Waals surface area contributed by atoms with Crippen LogP contribution < -0.4 is 4.90 Å². The Labute approximate surface area is 118 Å². The lowest BCUT2D eigenvalue weighted by Gasteiger charge is -2.24. The van der Waals surface area contributed by atoms with E-state index < -0.39 is 6.09 Å². The molecule has 0 aromatic heterocycles. The predicted molar refractivity (Wildman–Crippen MR) is 77.7 cm³/mol. The Morgan fingerprint density at radius 3 is 2.35 bits per heavy atom. The summed E-state index contributed by atoms with van der Waals surface area (Å²) in [5.41, 5.74) is 3.08. The van der Waals surface area contributed by atoms with Crippen molar-refractivity contribution in [1.29, 1.82) is 0 Å². The molecule has 0 saturated carbocycles. The van der Waals surface area contributed by atoms with Crippen molar-refractivity contribution in [2.75, 3.05) is 25.0 Å². The maximum absolute atomic E-state index is 11.3. The van der Waals surface area contributed by atoms with Gasteiger partial charge in [-0.05, 0) is 29.7 Å². The number of amides is 2. The third-order valence-electron chi connectivity index (χ3n) is 3.58. The van der Waals surface area contributed by atoms with Gasteiger partial charge in [-0.25, -0.2) is 4.79 Å². The van der Waals surface area contributed by atoms with Crippen molar-refractivity contribution in [3.8, 4) is 0 Å². The minimum atomic E-state index is -0.876. The minimum absolute atomic E-state index is 0.00766. The maximum Gasteiger partial charge on any atom is 0.407 e. The SMILES string of the molecule is CC(=O)N(C)c1ccc(C2=CCN(C(=O)O)CC2)cc1. The monoisotopic (exact) mass is 274 g/mol. The Hall–Kier alpha value is -2.30. The molecule has 1 aromatic carbocycles. The van der Waals surface area contributed by atoms with Gasteiger partial charge in [0.25, 0.3) is 0 Å². The van der Waals surface area contributed by atoms with Crippen LogP contribution in [-0.2, 0) is 4.79 Å². The Balaban J connectivity index is 2.11. The molecule has 1 heterocycles. The van der Waals surface area contributed by atoms with Gasteiger partial charge in [0.2, 0.25) is 5.91 Å². The summed E-state index contributed by atoms with van der Waals surface area (Å²) in [4.78, 5) is 25.1. The lowest BCUT2D eigenvalue weighted by Crippen LogP contribution is -2.33. The van der Waals surface area contributed by atoms with Crippen LogP contribution in [0.4, 0.5) is 10.5 Å². The molecule has 2 amide bonds. The molecule has 1 aliphatic rings. The first kappa shape index (κ1) is 14.1. The molecular formula is C15H18N2O3. The molecule has 2 rings (SSSR count). The summed E-state index contributed by atoms with van der Waals surface area (Å²) < 4.78 is 0. The van der Waals surface area contributed by atoms with Gasteiger partial charge >= 0.3 is 6.09 Å². The Morgan fingerprint density at radius 2 is 1.90 bits per heavy atom. The number of hydrogen-bond donors (Lipinski definition) is 1. The fraction of sp³-hybridized carbons (Fsp3) is 0.333. The zero-order valence-electron chi connectivity index (χ0n) is 11.7. The van der Waals surface area contributed by atoms with Gasteiger partial charge in [0, 0.05) is 32.7 Å². The van der Waals surface area contributed by atoms with Crippen molar-refractivity contribution in [3.63, 3.8) is 0 Å². The third-order valence-corrected chi connectivity index (χ3v) is 3.58. The molecule has 1 N–H and O–H groups in total. The van der Waals surface area contributed by atoms with Crippen LogP contribution in [0.15, 0.2) is 30.3 Å². The average Bonchev–Trinajstić information content (AvgIpc) is 2.46. The third kappa shape index (κ3) is 2.99. The van der Waals surface area contributed by atoms with Gasteiger partial charge in [0.15, 0.2) is 0 Å². The minimum Gasteiger partial charge on any atom is -0.465 e. The number of carbonyl (C=O) groups is 2. The van der Waals surface area contributed by atoms with Crippen LogP contribution in [0.2, 0.25) is 0 Å². The highest BCUT2D eigenvalue weighted by molar-refractivity contribution is 5.91. The van der Waals surface area contributed by atoms with Gasteiger partial charge in [-0.15, -0.1) is 0 Å². The molecule has 0 bridgehead atoms. The Kier molecular flexibility index (Phi) is 4.08. The summed E-state index contributed by atoms with van der Waals surface area (Å²) in [6, 6.07) is 7.75. The first-order valence-corrected chi connectivity index (χ1v) is 6.50. The maximum atomic E-state index is 11.3. The molecule has 0 saturated heterocycles. The van der Waals surface area contributed by atoms with Crippen molar-refractivity contribution >= 4 is 23.3 Å². The molecule has 0 radical (unpaired) electrons. The van der Waals surface area contributed by atoms with Gasteiger partial charge in [0.05, 0.1) is 0 Å². The molecule has 1 aliphatic heterocycles. The standard InChI is InChI=1S/C15H18N2O3/c1-11(18)16(2)14-5-3-12(4-6-14)13-7-9-17(10-8-13)15(19)20/h3-7H,8-10H2,1-2H3,(H,19,20). The lowest BCUT2D eigenvalue weighted by atomic mass is 9.99. The largest absolute Gasteiger partial charge is 0.465 e. The highest BCUT2D eigenvalue weighted by Crippen LogP contribution is 2.24. The van der Waals surface area contributed by atoms with Crippen molar-refractivity contribution in [2.24, 2.45) is 0 Å². The first-order valence-electron chi connectivity index (χ1n) is 6.50. The molecule has 5 nitrogen and oxygen atoms in total. The lowest BCUT2D eigenvalue weighted by molar-refractivity contribution is -0.116. The molecule has 0 unspecified atom stereocenters. The second-order valence-electron chi connectivity index (χ2n) is 4.83. The van der Waals surface area contributed by atoms with E-state index in [1.807, 2.05) is 30.3 Å². The van der Waals surface area contributed by atoms with Crippen LogP contribution >= 0.6 is 0 Å². The van der Waals surface area contributed by atoms with Crippen molar-refractivity contribution in [3.05, 3.63) is 35.9 Å². The van der Waals surface area contributed by atoms with E-state index in [2.05, 4.69) is 0 Å². The molecule has 0 spiro atoms. The summed E-state index contributed by atoms with van der Waals surface area (Å²) in [7, 11) is 1.74. The molecule has 1 aromatic rings. The van der Waals surface area contributed by atoms with Gasteiger partial charge in [-0.2, -0.15) is 0 Å². The molecule has 0 aliphatic carbocycles. The van der Waals surface area contributed by atoms with E-state index in [0.717, 1.165) is 16.8 Å². The van der Waals surface area contributed by atoms with E-state index in [-0.39, 0.29) is 5.91 Å².